The number of rotatable bonds is 4. The average molecular weight is 338 g/mol. The molecule has 0 bridgehead atoms. The molecule has 0 saturated carbocycles. The van der Waals surface area contributed by atoms with Gasteiger partial charge in [-0.1, -0.05) is 80.3 Å². The Kier molecular flexibility index (Phi) is 4.28. The van der Waals surface area contributed by atoms with Gasteiger partial charge in [0.1, 0.15) is 6.04 Å². The van der Waals surface area contributed by atoms with Crippen LogP contribution in [0.15, 0.2) is 60.7 Å². The number of imide groups is 1. The molecule has 1 unspecified atom stereocenters. The van der Waals surface area contributed by atoms with E-state index in [9.17, 15) is 9.59 Å². The lowest BCUT2D eigenvalue weighted by molar-refractivity contribution is -0.125. The predicted octanol–water partition coefficient (Wildman–Crippen LogP) is 4.03. The minimum atomic E-state index is -2.09. The van der Waals surface area contributed by atoms with Crippen molar-refractivity contribution in [1.29, 1.82) is 0 Å². The Morgan fingerprint density at radius 1 is 0.875 bits per heavy atom. The summed E-state index contributed by atoms with van der Waals surface area (Å²) in [6.07, 6.45) is 0. The SMILES string of the molecule is C[Si](C)(C)N1C(=O)C(c2ccccc2)N(Cc2ccccc2)C1=O. The Labute approximate surface area is 143 Å². The van der Waals surface area contributed by atoms with Crippen LogP contribution in [0.25, 0.3) is 0 Å². The summed E-state index contributed by atoms with van der Waals surface area (Å²) in [5, 5.41) is 0. The number of urea groups is 1. The Balaban J connectivity index is 2.02. The van der Waals surface area contributed by atoms with Crippen molar-refractivity contribution in [2.75, 3.05) is 0 Å². The third kappa shape index (κ3) is 2.99. The molecule has 4 nitrogen and oxygen atoms in total. The number of hydrogen-bond donors (Lipinski definition) is 0. The fraction of sp³-hybridized carbons (Fsp3) is 0.263. The van der Waals surface area contributed by atoms with Gasteiger partial charge in [-0.15, -0.1) is 0 Å². The smallest absolute Gasteiger partial charge is 0.304 e. The van der Waals surface area contributed by atoms with Crippen molar-refractivity contribution in [3.8, 4) is 0 Å². The maximum Gasteiger partial charge on any atom is 0.319 e. The summed E-state index contributed by atoms with van der Waals surface area (Å²) in [6.45, 7) is 6.51. The van der Waals surface area contributed by atoms with Gasteiger partial charge in [0.25, 0.3) is 0 Å². The van der Waals surface area contributed by atoms with Crippen LogP contribution in [0, 0.1) is 0 Å². The van der Waals surface area contributed by atoms with Crippen LogP contribution < -0.4 is 0 Å². The maximum absolute atomic E-state index is 13.1. The van der Waals surface area contributed by atoms with Gasteiger partial charge in [0.05, 0.1) is 0 Å². The van der Waals surface area contributed by atoms with Crippen LogP contribution in [0.4, 0.5) is 4.79 Å². The van der Waals surface area contributed by atoms with Gasteiger partial charge in [0.15, 0.2) is 8.24 Å². The minimum Gasteiger partial charge on any atom is -0.304 e. The summed E-state index contributed by atoms with van der Waals surface area (Å²) < 4.78 is 1.52. The van der Waals surface area contributed by atoms with Gasteiger partial charge in [0, 0.05) is 6.54 Å². The number of nitrogens with zero attached hydrogens (tertiary/aromatic N) is 2. The molecule has 1 heterocycles. The molecule has 0 aliphatic carbocycles. The molecule has 0 radical (unpaired) electrons. The number of carbonyl (C=O) groups is 2. The van der Waals surface area contributed by atoms with Gasteiger partial charge < -0.3 is 4.90 Å². The zero-order chi connectivity index (χ0) is 17.3. The van der Waals surface area contributed by atoms with Crippen molar-refractivity contribution in [3.05, 3.63) is 71.8 Å². The lowest BCUT2D eigenvalue weighted by atomic mass is 10.1. The molecule has 0 N–H and O–H groups in total. The predicted molar refractivity (Wildman–Crippen MR) is 96.8 cm³/mol. The van der Waals surface area contributed by atoms with E-state index in [0.717, 1.165) is 11.1 Å². The highest BCUT2D eigenvalue weighted by Crippen LogP contribution is 2.35. The van der Waals surface area contributed by atoms with E-state index in [1.165, 1.54) is 4.57 Å². The number of hydrogen-bond acceptors (Lipinski definition) is 2. The molecule has 0 aromatic heterocycles. The van der Waals surface area contributed by atoms with E-state index in [2.05, 4.69) is 0 Å². The van der Waals surface area contributed by atoms with Crippen LogP contribution in [0.2, 0.25) is 19.6 Å². The lowest BCUT2D eigenvalue weighted by Gasteiger charge is -2.27. The largest absolute Gasteiger partial charge is 0.319 e. The van der Waals surface area contributed by atoms with Crippen molar-refractivity contribution in [1.82, 2.24) is 9.47 Å². The van der Waals surface area contributed by atoms with E-state index >= 15 is 0 Å². The lowest BCUT2D eigenvalue weighted by Crippen LogP contribution is -2.50. The highest BCUT2D eigenvalue weighted by Gasteiger charge is 2.50. The third-order valence-electron chi connectivity index (χ3n) is 4.18. The molecular weight excluding hydrogens is 316 g/mol. The molecule has 0 spiro atoms. The number of carbonyl (C=O) groups excluding carboxylic acids is 2. The Bertz CT molecular complexity index is 741. The molecule has 1 fully saturated rings. The van der Waals surface area contributed by atoms with Gasteiger partial charge in [-0.3, -0.25) is 9.36 Å². The highest BCUT2D eigenvalue weighted by atomic mass is 28.3. The molecule has 1 aliphatic rings. The molecule has 1 saturated heterocycles. The molecule has 3 amide bonds. The molecule has 5 heteroatoms. The summed E-state index contributed by atoms with van der Waals surface area (Å²) in [7, 11) is -2.09. The van der Waals surface area contributed by atoms with Crippen LogP contribution in [0.1, 0.15) is 17.2 Å². The Morgan fingerprint density at radius 3 is 1.96 bits per heavy atom. The average Bonchev–Trinajstić information content (AvgIpc) is 2.79. The van der Waals surface area contributed by atoms with Crippen LogP contribution in [-0.4, -0.2) is 29.6 Å². The second-order valence-corrected chi connectivity index (χ2v) is 11.8. The highest BCUT2D eigenvalue weighted by molar-refractivity contribution is 6.78. The van der Waals surface area contributed by atoms with Crippen molar-refractivity contribution < 1.29 is 9.59 Å². The minimum absolute atomic E-state index is 0.0960. The summed E-state index contributed by atoms with van der Waals surface area (Å²) in [6, 6.07) is 18.7. The van der Waals surface area contributed by atoms with Crippen molar-refractivity contribution in [2.24, 2.45) is 0 Å². The summed E-state index contributed by atoms with van der Waals surface area (Å²) in [5.41, 5.74) is 1.89. The quantitative estimate of drug-likeness (QED) is 0.624. The van der Waals surface area contributed by atoms with Crippen LogP contribution in [0.3, 0.4) is 0 Å². The van der Waals surface area contributed by atoms with E-state index < -0.39 is 14.3 Å². The maximum atomic E-state index is 13.1. The number of amides is 3. The van der Waals surface area contributed by atoms with Crippen molar-refractivity contribution in [2.45, 2.75) is 32.2 Å². The van der Waals surface area contributed by atoms with E-state index in [0.29, 0.717) is 6.54 Å². The van der Waals surface area contributed by atoms with Gasteiger partial charge >= 0.3 is 6.03 Å². The van der Waals surface area contributed by atoms with Crippen LogP contribution in [-0.2, 0) is 11.3 Å². The van der Waals surface area contributed by atoms with E-state index in [1.807, 2.05) is 80.3 Å². The molecular formula is C19H22N2O2Si. The van der Waals surface area contributed by atoms with E-state index in [-0.39, 0.29) is 11.9 Å². The first kappa shape index (κ1) is 16.5. The summed E-state index contributed by atoms with van der Waals surface area (Å²) in [4.78, 5) is 27.8. The molecule has 2 aromatic rings. The third-order valence-corrected chi connectivity index (χ3v) is 5.94. The first-order chi connectivity index (χ1) is 11.4. The normalized spacial score (nSPS) is 18.4. The fourth-order valence-corrected chi connectivity index (χ4v) is 4.59. The zero-order valence-corrected chi connectivity index (χ0v) is 15.3. The molecule has 1 aliphatic heterocycles. The Hall–Kier alpha value is -2.40. The first-order valence-corrected chi connectivity index (χ1v) is 11.6. The summed E-state index contributed by atoms with van der Waals surface area (Å²) >= 11 is 0. The molecule has 24 heavy (non-hydrogen) atoms. The molecule has 3 rings (SSSR count). The summed E-state index contributed by atoms with van der Waals surface area (Å²) in [5.74, 6) is -0.0960. The van der Waals surface area contributed by atoms with Crippen LogP contribution in [0.5, 0.6) is 0 Å². The van der Waals surface area contributed by atoms with Gasteiger partial charge in [-0.05, 0) is 11.1 Å². The van der Waals surface area contributed by atoms with Gasteiger partial charge in [0.2, 0.25) is 5.91 Å². The number of benzene rings is 2. The second-order valence-electron chi connectivity index (χ2n) is 7.05. The zero-order valence-electron chi connectivity index (χ0n) is 14.3. The fourth-order valence-electron chi connectivity index (χ4n) is 3.10. The first-order valence-electron chi connectivity index (χ1n) is 8.13. The molecule has 124 valence electrons. The molecule has 1 atom stereocenters. The standard InChI is InChI=1S/C19H22N2O2Si/c1-24(2,3)21-18(22)17(16-12-8-5-9-13-16)20(19(21)23)14-15-10-6-4-7-11-15/h4-13,17H,14H2,1-3H3. The van der Waals surface area contributed by atoms with Crippen molar-refractivity contribution in [3.63, 3.8) is 0 Å². The Morgan fingerprint density at radius 2 is 1.42 bits per heavy atom. The van der Waals surface area contributed by atoms with Crippen molar-refractivity contribution >= 4 is 20.2 Å². The molecule has 2 aromatic carbocycles. The monoisotopic (exact) mass is 338 g/mol. The second kappa shape index (κ2) is 6.24. The topological polar surface area (TPSA) is 40.6 Å². The van der Waals surface area contributed by atoms with Crippen LogP contribution >= 0.6 is 0 Å². The van der Waals surface area contributed by atoms with E-state index in [1.54, 1.807) is 4.90 Å². The van der Waals surface area contributed by atoms with Gasteiger partial charge in [-0.2, -0.15) is 0 Å². The van der Waals surface area contributed by atoms with Gasteiger partial charge in [-0.25, -0.2) is 4.79 Å². The van der Waals surface area contributed by atoms with E-state index in [4.69, 9.17) is 0 Å².